The van der Waals surface area contributed by atoms with Crippen molar-refractivity contribution >= 4 is 0 Å². The molecule has 0 radical (unpaired) electrons. The fourth-order valence-electron chi connectivity index (χ4n) is 1.26. The Hall–Kier alpha value is -0.0800. The van der Waals surface area contributed by atoms with Crippen molar-refractivity contribution in [3.8, 4) is 0 Å². The summed E-state index contributed by atoms with van der Waals surface area (Å²) in [5.41, 5.74) is 0.0662. The molecule has 1 heterocycles. The SMILES string of the molecule is CCC(C)(C)OC1CCNC1. The summed E-state index contributed by atoms with van der Waals surface area (Å²) in [6, 6.07) is 0. The van der Waals surface area contributed by atoms with Gasteiger partial charge in [-0.15, -0.1) is 0 Å². The van der Waals surface area contributed by atoms with E-state index in [2.05, 4.69) is 26.1 Å². The van der Waals surface area contributed by atoms with E-state index in [1.165, 1.54) is 6.42 Å². The third kappa shape index (κ3) is 2.80. The molecule has 0 aliphatic carbocycles. The molecule has 1 saturated heterocycles. The Kier molecular flexibility index (Phi) is 2.90. The molecular weight excluding hydrogens is 138 g/mol. The van der Waals surface area contributed by atoms with Crippen LogP contribution in [0, 0.1) is 0 Å². The molecule has 0 aromatic rings. The van der Waals surface area contributed by atoms with E-state index in [1.54, 1.807) is 0 Å². The Labute approximate surface area is 69.3 Å². The molecule has 11 heavy (non-hydrogen) atoms. The van der Waals surface area contributed by atoms with Gasteiger partial charge in [0.2, 0.25) is 0 Å². The van der Waals surface area contributed by atoms with Crippen LogP contribution in [0.3, 0.4) is 0 Å². The predicted octanol–water partition coefficient (Wildman–Crippen LogP) is 1.55. The molecule has 0 aromatic carbocycles. The zero-order valence-electron chi connectivity index (χ0n) is 7.81. The van der Waals surface area contributed by atoms with Crippen LogP contribution in [0.1, 0.15) is 33.6 Å². The molecule has 1 fully saturated rings. The van der Waals surface area contributed by atoms with Crippen LogP contribution in [-0.2, 0) is 4.74 Å². The average Bonchev–Trinajstić information content (AvgIpc) is 2.39. The van der Waals surface area contributed by atoms with Gasteiger partial charge in [-0.05, 0) is 33.2 Å². The molecule has 1 rings (SSSR count). The first-order valence-corrected chi connectivity index (χ1v) is 4.52. The summed E-state index contributed by atoms with van der Waals surface area (Å²) in [6.45, 7) is 8.63. The first-order chi connectivity index (χ1) is 5.14. The minimum absolute atomic E-state index is 0.0662. The van der Waals surface area contributed by atoms with Gasteiger partial charge >= 0.3 is 0 Å². The molecule has 1 unspecified atom stereocenters. The van der Waals surface area contributed by atoms with E-state index in [0.29, 0.717) is 6.10 Å². The lowest BCUT2D eigenvalue weighted by atomic mass is 10.1. The lowest BCUT2D eigenvalue weighted by Gasteiger charge is -2.27. The monoisotopic (exact) mass is 157 g/mol. The van der Waals surface area contributed by atoms with E-state index in [-0.39, 0.29) is 5.60 Å². The summed E-state index contributed by atoms with van der Waals surface area (Å²) in [5, 5.41) is 3.29. The molecule has 1 aliphatic rings. The van der Waals surface area contributed by atoms with Crippen molar-refractivity contribution in [1.82, 2.24) is 5.32 Å². The highest BCUT2D eigenvalue weighted by molar-refractivity contribution is 4.76. The van der Waals surface area contributed by atoms with Crippen LogP contribution in [0.25, 0.3) is 0 Å². The van der Waals surface area contributed by atoms with Crippen LogP contribution in [0.2, 0.25) is 0 Å². The fourth-order valence-corrected chi connectivity index (χ4v) is 1.26. The highest BCUT2D eigenvalue weighted by Crippen LogP contribution is 2.18. The van der Waals surface area contributed by atoms with Gasteiger partial charge in [-0.3, -0.25) is 0 Å². The van der Waals surface area contributed by atoms with E-state index in [1.807, 2.05) is 0 Å². The summed E-state index contributed by atoms with van der Waals surface area (Å²) >= 11 is 0. The van der Waals surface area contributed by atoms with Crippen molar-refractivity contribution in [1.29, 1.82) is 0 Å². The van der Waals surface area contributed by atoms with Crippen LogP contribution in [0.4, 0.5) is 0 Å². The molecule has 0 bridgehead atoms. The van der Waals surface area contributed by atoms with E-state index in [0.717, 1.165) is 19.5 Å². The molecule has 0 amide bonds. The standard InChI is InChI=1S/C9H19NO/c1-4-9(2,3)11-8-5-6-10-7-8/h8,10H,4-7H2,1-3H3. The fraction of sp³-hybridized carbons (Fsp3) is 1.00. The van der Waals surface area contributed by atoms with Crippen molar-refractivity contribution in [3.63, 3.8) is 0 Å². The van der Waals surface area contributed by atoms with Gasteiger partial charge in [0.15, 0.2) is 0 Å². The first-order valence-electron chi connectivity index (χ1n) is 4.52. The van der Waals surface area contributed by atoms with Gasteiger partial charge in [-0.25, -0.2) is 0 Å². The van der Waals surface area contributed by atoms with E-state index in [4.69, 9.17) is 4.74 Å². The summed E-state index contributed by atoms with van der Waals surface area (Å²) in [4.78, 5) is 0. The second kappa shape index (κ2) is 3.55. The summed E-state index contributed by atoms with van der Waals surface area (Å²) in [5.74, 6) is 0. The van der Waals surface area contributed by atoms with Gasteiger partial charge in [0.1, 0.15) is 0 Å². The molecule has 2 heteroatoms. The Bertz CT molecular complexity index is 117. The van der Waals surface area contributed by atoms with Crippen LogP contribution in [0.15, 0.2) is 0 Å². The number of hydrogen-bond acceptors (Lipinski definition) is 2. The van der Waals surface area contributed by atoms with Gasteiger partial charge in [0.05, 0.1) is 11.7 Å². The summed E-state index contributed by atoms with van der Waals surface area (Å²) < 4.78 is 5.89. The molecule has 0 saturated carbocycles. The quantitative estimate of drug-likeness (QED) is 0.671. The van der Waals surface area contributed by atoms with E-state index in [9.17, 15) is 0 Å². The predicted molar refractivity (Wildman–Crippen MR) is 46.7 cm³/mol. The molecule has 0 aromatic heterocycles. The van der Waals surface area contributed by atoms with Crippen molar-refractivity contribution in [3.05, 3.63) is 0 Å². The second-order valence-electron chi connectivity index (χ2n) is 3.85. The zero-order valence-corrected chi connectivity index (χ0v) is 7.81. The lowest BCUT2D eigenvalue weighted by molar-refractivity contribution is -0.0642. The number of hydrogen-bond donors (Lipinski definition) is 1. The van der Waals surface area contributed by atoms with Crippen LogP contribution < -0.4 is 5.32 Å². The van der Waals surface area contributed by atoms with Gasteiger partial charge in [0, 0.05) is 6.54 Å². The highest BCUT2D eigenvalue weighted by atomic mass is 16.5. The third-order valence-electron chi connectivity index (χ3n) is 2.35. The van der Waals surface area contributed by atoms with Gasteiger partial charge in [-0.2, -0.15) is 0 Å². The Morgan fingerprint density at radius 3 is 2.73 bits per heavy atom. The zero-order chi connectivity index (χ0) is 8.32. The van der Waals surface area contributed by atoms with Crippen molar-refractivity contribution in [2.45, 2.75) is 45.3 Å². The van der Waals surface area contributed by atoms with E-state index < -0.39 is 0 Å². The van der Waals surface area contributed by atoms with Gasteiger partial charge in [-0.1, -0.05) is 6.92 Å². The average molecular weight is 157 g/mol. The maximum atomic E-state index is 5.89. The summed E-state index contributed by atoms with van der Waals surface area (Å²) in [6.07, 6.45) is 2.71. The molecule has 1 aliphatic heterocycles. The Morgan fingerprint density at radius 1 is 1.55 bits per heavy atom. The molecule has 1 N–H and O–H groups in total. The van der Waals surface area contributed by atoms with Crippen LogP contribution in [-0.4, -0.2) is 24.8 Å². The number of nitrogens with one attached hydrogen (secondary N) is 1. The minimum Gasteiger partial charge on any atom is -0.371 e. The van der Waals surface area contributed by atoms with Gasteiger partial charge < -0.3 is 10.1 Å². The highest BCUT2D eigenvalue weighted by Gasteiger charge is 2.23. The van der Waals surface area contributed by atoms with Gasteiger partial charge in [0.25, 0.3) is 0 Å². The minimum atomic E-state index is 0.0662. The topological polar surface area (TPSA) is 21.3 Å². The van der Waals surface area contributed by atoms with Crippen molar-refractivity contribution in [2.24, 2.45) is 0 Å². The first kappa shape index (κ1) is 9.01. The normalized spacial score (nSPS) is 25.9. The largest absolute Gasteiger partial charge is 0.371 e. The Balaban J connectivity index is 2.28. The number of ether oxygens (including phenoxy) is 1. The molecule has 2 nitrogen and oxygen atoms in total. The molecule has 0 spiro atoms. The van der Waals surface area contributed by atoms with Crippen molar-refractivity contribution < 1.29 is 4.74 Å². The van der Waals surface area contributed by atoms with Crippen LogP contribution in [0.5, 0.6) is 0 Å². The lowest BCUT2D eigenvalue weighted by Crippen LogP contribution is -2.31. The molecule has 1 atom stereocenters. The maximum Gasteiger partial charge on any atom is 0.0718 e. The maximum absolute atomic E-state index is 5.89. The molecular formula is C9H19NO. The number of rotatable bonds is 3. The third-order valence-corrected chi connectivity index (χ3v) is 2.35. The second-order valence-corrected chi connectivity index (χ2v) is 3.85. The van der Waals surface area contributed by atoms with E-state index >= 15 is 0 Å². The van der Waals surface area contributed by atoms with Crippen molar-refractivity contribution in [2.75, 3.05) is 13.1 Å². The molecule has 66 valence electrons. The van der Waals surface area contributed by atoms with Crippen LogP contribution >= 0.6 is 0 Å². The smallest absolute Gasteiger partial charge is 0.0718 e. The Morgan fingerprint density at radius 2 is 2.27 bits per heavy atom. The summed E-state index contributed by atoms with van der Waals surface area (Å²) in [7, 11) is 0.